The number of hydrogen-bond acceptors (Lipinski definition) is 4. The fourth-order valence-electron chi connectivity index (χ4n) is 2.40. The van der Waals surface area contributed by atoms with Crippen molar-refractivity contribution in [3.05, 3.63) is 53.1 Å². The van der Waals surface area contributed by atoms with Gasteiger partial charge in [0, 0.05) is 18.8 Å². The quantitative estimate of drug-likeness (QED) is 0.926. The van der Waals surface area contributed by atoms with Crippen LogP contribution in [-0.4, -0.2) is 21.7 Å². The van der Waals surface area contributed by atoms with Gasteiger partial charge in [0.2, 0.25) is 0 Å². The minimum absolute atomic E-state index is 0.500. The lowest BCUT2D eigenvalue weighted by Gasteiger charge is -2.10. The van der Waals surface area contributed by atoms with Gasteiger partial charge >= 0.3 is 0 Å². The summed E-state index contributed by atoms with van der Waals surface area (Å²) in [6.45, 7) is 2.71. The van der Waals surface area contributed by atoms with E-state index in [1.165, 1.54) is 11.1 Å². The van der Waals surface area contributed by atoms with Gasteiger partial charge in [-0.2, -0.15) is 0 Å². The highest BCUT2D eigenvalue weighted by molar-refractivity contribution is 5.39. The molecule has 1 aromatic carbocycles. The highest BCUT2D eigenvalue weighted by atomic mass is 16.5. The summed E-state index contributed by atoms with van der Waals surface area (Å²) in [6.07, 6.45) is 5.28. The molecule has 4 nitrogen and oxygen atoms in total. The first-order valence-corrected chi connectivity index (χ1v) is 6.93. The van der Waals surface area contributed by atoms with E-state index < -0.39 is 6.10 Å². The minimum atomic E-state index is -0.611. The molecule has 0 radical (unpaired) electrons. The fraction of sp³-hybridized carbons (Fsp3) is 0.375. The van der Waals surface area contributed by atoms with Crippen molar-refractivity contribution in [1.29, 1.82) is 0 Å². The lowest BCUT2D eigenvalue weighted by atomic mass is 10.0. The molecule has 0 saturated heterocycles. The van der Waals surface area contributed by atoms with E-state index in [2.05, 4.69) is 22.1 Å². The Labute approximate surface area is 118 Å². The van der Waals surface area contributed by atoms with Crippen LogP contribution in [0, 0.1) is 6.92 Å². The fourth-order valence-corrected chi connectivity index (χ4v) is 2.40. The van der Waals surface area contributed by atoms with Crippen LogP contribution in [0.25, 0.3) is 0 Å². The number of ether oxygens (including phenoxy) is 1. The van der Waals surface area contributed by atoms with E-state index in [4.69, 9.17) is 4.74 Å². The number of aryl methyl sites for hydroxylation is 2. The smallest absolute Gasteiger partial charge is 0.156 e. The largest absolute Gasteiger partial charge is 0.493 e. The van der Waals surface area contributed by atoms with Gasteiger partial charge in [-0.3, -0.25) is 0 Å². The Morgan fingerprint density at radius 2 is 2.10 bits per heavy atom. The summed E-state index contributed by atoms with van der Waals surface area (Å²) in [5.74, 6) is 1.50. The molecule has 1 aliphatic rings. The maximum absolute atomic E-state index is 10.1. The molecule has 0 amide bonds. The third-order valence-corrected chi connectivity index (χ3v) is 3.56. The molecule has 0 aliphatic carbocycles. The standard InChI is InChI=1S/C16H18N2O2/c1-11-9-17-16(18-10-11)14(19)4-2-12-3-5-15-13(8-12)6-7-20-15/h3,5,8-10,14,19H,2,4,6-7H2,1H3. The van der Waals surface area contributed by atoms with Crippen LogP contribution in [0.3, 0.4) is 0 Å². The third kappa shape index (κ3) is 2.80. The van der Waals surface area contributed by atoms with E-state index in [0.717, 1.165) is 30.8 Å². The molecule has 0 spiro atoms. The lowest BCUT2D eigenvalue weighted by molar-refractivity contribution is 0.158. The molecule has 1 atom stereocenters. The van der Waals surface area contributed by atoms with Gasteiger partial charge in [-0.05, 0) is 42.5 Å². The van der Waals surface area contributed by atoms with Crippen molar-refractivity contribution in [1.82, 2.24) is 9.97 Å². The molecule has 0 bridgehead atoms. The highest BCUT2D eigenvalue weighted by Gasteiger charge is 2.14. The second-order valence-corrected chi connectivity index (χ2v) is 5.21. The van der Waals surface area contributed by atoms with Crippen LogP contribution in [-0.2, 0) is 12.8 Å². The summed E-state index contributed by atoms with van der Waals surface area (Å²) in [4.78, 5) is 8.33. The van der Waals surface area contributed by atoms with E-state index in [1.807, 2.05) is 13.0 Å². The Bertz CT molecular complexity index is 596. The van der Waals surface area contributed by atoms with Crippen LogP contribution in [0.5, 0.6) is 5.75 Å². The molecule has 1 unspecified atom stereocenters. The van der Waals surface area contributed by atoms with E-state index in [1.54, 1.807) is 12.4 Å². The first-order chi connectivity index (χ1) is 9.72. The molecule has 3 rings (SSSR count). The van der Waals surface area contributed by atoms with E-state index in [0.29, 0.717) is 12.2 Å². The first kappa shape index (κ1) is 13.1. The molecule has 20 heavy (non-hydrogen) atoms. The lowest BCUT2D eigenvalue weighted by Crippen LogP contribution is -2.05. The molecule has 1 aliphatic heterocycles. The van der Waals surface area contributed by atoms with Crippen LogP contribution in [0.1, 0.15) is 35.0 Å². The zero-order chi connectivity index (χ0) is 13.9. The summed E-state index contributed by atoms with van der Waals surface area (Å²) >= 11 is 0. The van der Waals surface area contributed by atoms with Crippen molar-refractivity contribution in [2.45, 2.75) is 32.3 Å². The van der Waals surface area contributed by atoms with E-state index in [-0.39, 0.29) is 0 Å². The van der Waals surface area contributed by atoms with Crippen LogP contribution in [0.4, 0.5) is 0 Å². The van der Waals surface area contributed by atoms with Crippen molar-refractivity contribution < 1.29 is 9.84 Å². The van der Waals surface area contributed by atoms with Gasteiger partial charge < -0.3 is 9.84 Å². The number of aromatic nitrogens is 2. The van der Waals surface area contributed by atoms with E-state index in [9.17, 15) is 5.11 Å². The van der Waals surface area contributed by atoms with Crippen LogP contribution < -0.4 is 4.74 Å². The number of nitrogens with zero attached hydrogens (tertiary/aromatic N) is 2. The number of fused-ring (bicyclic) bond motifs is 1. The number of hydrogen-bond donors (Lipinski definition) is 1. The zero-order valence-corrected chi connectivity index (χ0v) is 11.5. The molecule has 1 aromatic heterocycles. The Balaban J connectivity index is 1.63. The number of aliphatic hydroxyl groups is 1. The maximum atomic E-state index is 10.1. The van der Waals surface area contributed by atoms with Gasteiger partial charge in [0.25, 0.3) is 0 Å². The van der Waals surface area contributed by atoms with Gasteiger partial charge in [-0.1, -0.05) is 12.1 Å². The zero-order valence-electron chi connectivity index (χ0n) is 11.5. The van der Waals surface area contributed by atoms with Gasteiger partial charge in [-0.15, -0.1) is 0 Å². The monoisotopic (exact) mass is 270 g/mol. The van der Waals surface area contributed by atoms with Crippen molar-refractivity contribution in [3.63, 3.8) is 0 Å². The van der Waals surface area contributed by atoms with Crippen molar-refractivity contribution >= 4 is 0 Å². The summed E-state index contributed by atoms with van der Waals surface area (Å²) in [7, 11) is 0. The number of rotatable bonds is 4. The molecule has 0 saturated carbocycles. The molecule has 2 heterocycles. The van der Waals surface area contributed by atoms with Gasteiger partial charge in [0.05, 0.1) is 6.61 Å². The topological polar surface area (TPSA) is 55.2 Å². The molecule has 2 aromatic rings. The Morgan fingerprint density at radius 1 is 1.30 bits per heavy atom. The van der Waals surface area contributed by atoms with Gasteiger partial charge in [-0.25, -0.2) is 9.97 Å². The Kier molecular flexibility index (Phi) is 3.65. The predicted molar refractivity (Wildman–Crippen MR) is 75.7 cm³/mol. The normalized spacial score (nSPS) is 14.7. The molecule has 1 N–H and O–H groups in total. The molecular weight excluding hydrogens is 252 g/mol. The van der Waals surface area contributed by atoms with Crippen molar-refractivity contribution in [2.75, 3.05) is 6.61 Å². The van der Waals surface area contributed by atoms with Gasteiger partial charge in [0.15, 0.2) is 5.82 Å². The van der Waals surface area contributed by atoms with Crippen LogP contribution >= 0.6 is 0 Å². The van der Waals surface area contributed by atoms with Crippen molar-refractivity contribution in [2.24, 2.45) is 0 Å². The molecule has 104 valence electrons. The molecule has 4 heteroatoms. The summed E-state index contributed by atoms with van der Waals surface area (Å²) < 4.78 is 5.49. The van der Waals surface area contributed by atoms with Crippen LogP contribution in [0.15, 0.2) is 30.6 Å². The second kappa shape index (κ2) is 5.59. The summed E-state index contributed by atoms with van der Waals surface area (Å²) in [5.41, 5.74) is 3.49. The van der Waals surface area contributed by atoms with E-state index >= 15 is 0 Å². The SMILES string of the molecule is Cc1cnc(C(O)CCc2ccc3c(c2)CCO3)nc1. The number of aliphatic hydroxyl groups excluding tert-OH is 1. The highest BCUT2D eigenvalue weighted by Crippen LogP contribution is 2.27. The first-order valence-electron chi connectivity index (χ1n) is 6.93. The minimum Gasteiger partial charge on any atom is -0.493 e. The molecule has 0 fully saturated rings. The Morgan fingerprint density at radius 3 is 2.90 bits per heavy atom. The summed E-state index contributed by atoms with van der Waals surface area (Å²) in [5, 5.41) is 10.1. The number of benzene rings is 1. The van der Waals surface area contributed by atoms with Crippen molar-refractivity contribution in [3.8, 4) is 5.75 Å². The second-order valence-electron chi connectivity index (χ2n) is 5.21. The maximum Gasteiger partial charge on any atom is 0.156 e. The average molecular weight is 270 g/mol. The average Bonchev–Trinajstić information content (AvgIpc) is 2.93. The molecular formula is C16H18N2O2. The van der Waals surface area contributed by atoms with Crippen LogP contribution in [0.2, 0.25) is 0 Å². The Hall–Kier alpha value is -1.94. The predicted octanol–water partition coefficient (Wildman–Crippen LogP) is 2.39. The van der Waals surface area contributed by atoms with Gasteiger partial charge in [0.1, 0.15) is 11.9 Å². The third-order valence-electron chi connectivity index (χ3n) is 3.56. The summed E-state index contributed by atoms with van der Waals surface area (Å²) in [6, 6.07) is 6.25.